The fourth-order valence-electron chi connectivity index (χ4n) is 3.05. The van der Waals surface area contributed by atoms with E-state index in [2.05, 4.69) is 0 Å². The van der Waals surface area contributed by atoms with Gasteiger partial charge in [0.2, 0.25) is 5.82 Å². The molecule has 11 heteroatoms. The van der Waals surface area contributed by atoms with Crippen molar-refractivity contribution in [1.29, 1.82) is 0 Å². The molecule has 32 heavy (non-hydrogen) atoms. The number of aromatic nitrogens is 1. The van der Waals surface area contributed by atoms with Gasteiger partial charge in [0.25, 0.3) is 10.0 Å². The van der Waals surface area contributed by atoms with Gasteiger partial charge in [0.15, 0.2) is 23.3 Å². The lowest BCUT2D eigenvalue weighted by molar-refractivity contribution is 0.361. The van der Waals surface area contributed by atoms with Crippen LogP contribution in [0.15, 0.2) is 69.4 Å². The summed E-state index contributed by atoms with van der Waals surface area (Å²) in [6.07, 6.45) is 1.08. The summed E-state index contributed by atoms with van der Waals surface area (Å²) >= 11 is 0.244. The number of benzene rings is 3. The van der Waals surface area contributed by atoms with E-state index in [1.807, 2.05) is 0 Å². The fraction of sp³-hybridized carbons (Fsp3) is 0.0476. The number of ether oxygens (including phenoxy) is 1. The molecule has 0 amide bonds. The van der Waals surface area contributed by atoms with E-state index in [0.29, 0.717) is 5.75 Å². The Morgan fingerprint density at radius 2 is 1.38 bits per heavy atom. The summed E-state index contributed by atoms with van der Waals surface area (Å²) in [5.74, 6) is -10.00. The normalized spacial score (nSPS) is 11.8. The zero-order valence-electron chi connectivity index (χ0n) is 16.1. The third-order valence-corrected chi connectivity index (χ3v) is 7.43. The fourth-order valence-corrected chi connectivity index (χ4v) is 5.50. The molecule has 0 aliphatic heterocycles. The lowest BCUT2D eigenvalue weighted by Crippen LogP contribution is -2.11. The number of hydrogen-bond donors (Lipinski definition) is 0. The lowest BCUT2D eigenvalue weighted by Gasteiger charge is -2.08. The zero-order valence-corrected chi connectivity index (χ0v) is 17.7. The van der Waals surface area contributed by atoms with Crippen LogP contribution in [0.5, 0.6) is 5.75 Å². The predicted octanol–water partition coefficient (Wildman–Crippen LogP) is 5.73. The molecule has 1 heterocycles. The first-order valence-corrected chi connectivity index (χ1v) is 11.1. The highest BCUT2D eigenvalue weighted by atomic mass is 32.2. The van der Waals surface area contributed by atoms with Gasteiger partial charge < -0.3 is 4.74 Å². The Labute approximate surface area is 183 Å². The first kappa shape index (κ1) is 22.2. The second kappa shape index (κ2) is 8.14. The Bertz CT molecular complexity index is 1420. The van der Waals surface area contributed by atoms with Crippen molar-refractivity contribution in [2.24, 2.45) is 0 Å². The number of hydrogen-bond acceptors (Lipinski definition) is 4. The van der Waals surface area contributed by atoms with Crippen LogP contribution in [0, 0.1) is 29.1 Å². The van der Waals surface area contributed by atoms with Gasteiger partial charge in [-0.05, 0) is 30.3 Å². The van der Waals surface area contributed by atoms with E-state index < -0.39 is 44.0 Å². The van der Waals surface area contributed by atoms with Crippen molar-refractivity contribution >= 4 is 32.7 Å². The zero-order chi connectivity index (χ0) is 23.2. The van der Waals surface area contributed by atoms with Gasteiger partial charge in [-0.15, -0.1) is 0 Å². The van der Waals surface area contributed by atoms with Gasteiger partial charge in [-0.25, -0.2) is 34.3 Å². The molecule has 0 bridgehead atoms. The summed E-state index contributed by atoms with van der Waals surface area (Å²) in [5.41, 5.74) is 0.162. The molecule has 166 valence electrons. The van der Waals surface area contributed by atoms with Crippen molar-refractivity contribution in [2.75, 3.05) is 7.11 Å². The van der Waals surface area contributed by atoms with Crippen molar-refractivity contribution < 1.29 is 35.1 Å². The van der Waals surface area contributed by atoms with Crippen LogP contribution in [-0.2, 0) is 10.0 Å². The van der Waals surface area contributed by atoms with Crippen molar-refractivity contribution in [1.82, 2.24) is 3.97 Å². The van der Waals surface area contributed by atoms with Crippen molar-refractivity contribution in [3.05, 3.63) is 83.8 Å². The highest BCUT2D eigenvalue weighted by molar-refractivity contribution is 7.99. The second-order valence-corrected chi connectivity index (χ2v) is 9.36. The van der Waals surface area contributed by atoms with Crippen LogP contribution < -0.4 is 4.74 Å². The molecule has 0 atom stereocenters. The molecule has 4 nitrogen and oxygen atoms in total. The topological polar surface area (TPSA) is 48.3 Å². The molecule has 0 fully saturated rings. The van der Waals surface area contributed by atoms with Crippen molar-refractivity contribution in [3.63, 3.8) is 0 Å². The van der Waals surface area contributed by atoms with E-state index in [4.69, 9.17) is 4.74 Å². The highest BCUT2D eigenvalue weighted by Crippen LogP contribution is 2.40. The third-order valence-electron chi connectivity index (χ3n) is 4.64. The summed E-state index contributed by atoms with van der Waals surface area (Å²) in [5, 5.41) is 0.249. The standard InChI is InChI=1S/C21H12F5NO3S2/c1-30-11-6-8-12(9-7-11)32(28,29)27-10-15(13-4-2-3-5-14(13)27)31-21-19(25)17(23)16(22)18(24)20(21)26/h2-10H,1H3. The van der Waals surface area contributed by atoms with E-state index in [1.54, 1.807) is 12.1 Å². The van der Waals surface area contributed by atoms with Gasteiger partial charge in [-0.1, -0.05) is 30.0 Å². The van der Waals surface area contributed by atoms with Gasteiger partial charge in [-0.3, -0.25) is 0 Å². The summed E-state index contributed by atoms with van der Waals surface area (Å²) < 4.78 is 101. The van der Waals surface area contributed by atoms with E-state index in [9.17, 15) is 30.4 Å². The smallest absolute Gasteiger partial charge is 0.268 e. The van der Waals surface area contributed by atoms with Crippen LogP contribution in [0.25, 0.3) is 10.9 Å². The van der Waals surface area contributed by atoms with Gasteiger partial charge in [-0.2, -0.15) is 0 Å². The summed E-state index contributed by atoms with van der Waals surface area (Å²) in [6.45, 7) is 0. The van der Waals surface area contributed by atoms with E-state index in [0.717, 1.165) is 10.2 Å². The maximum atomic E-state index is 14.2. The van der Waals surface area contributed by atoms with Crippen LogP contribution in [0.1, 0.15) is 0 Å². The van der Waals surface area contributed by atoms with Crippen LogP contribution >= 0.6 is 11.8 Å². The number of rotatable bonds is 5. The quantitative estimate of drug-likeness (QED) is 0.206. The minimum Gasteiger partial charge on any atom is -0.497 e. The molecule has 0 spiro atoms. The van der Waals surface area contributed by atoms with E-state index in [-0.39, 0.29) is 32.5 Å². The third kappa shape index (κ3) is 3.51. The molecular formula is C21H12F5NO3S2. The Morgan fingerprint density at radius 3 is 1.97 bits per heavy atom. The molecule has 0 unspecified atom stereocenters. The van der Waals surface area contributed by atoms with Crippen LogP contribution in [0.3, 0.4) is 0 Å². The number of nitrogens with zero attached hydrogens (tertiary/aromatic N) is 1. The molecule has 0 aliphatic rings. The largest absolute Gasteiger partial charge is 0.497 e. The average Bonchev–Trinajstić information content (AvgIpc) is 3.18. The van der Waals surface area contributed by atoms with Crippen LogP contribution in [0.2, 0.25) is 0 Å². The highest BCUT2D eigenvalue weighted by Gasteiger charge is 2.28. The monoisotopic (exact) mass is 485 g/mol. The summed E-state index contributed by atoms with van der Waals surface area (Å²) in [6, 6.07) is 11.6. The first-order chi connectivity index (χ1) is 15.2. The maximum Gasteiger partial charge on any atom is 0.268 e. The molecule has 0 saturated carbocycles. The predicted molar refractivity (Wildman–Crippen MR) is 108 cm³/mol. The number of fused-ring (bicyclic) bond motifs is 1. The minimum atomic E-state index is -4.15. The molecule has 4 rings (SSSR count). The molecule has 0 radical (unpaired) electrons. The Balaban J connectivity index is 1.88. The van der Waals surface area contributed by atoms with E-state index in [1.165, 1.54) is 43.5 Å². The second-order valence-electron chi connectivity index (χ2n) is 6.49. The summed E-state index contributed by atoms with van der Waals surface area (Å²) in [7, 11) is -2.73. The molecule has 0 aliphatic carbocycles. The molecule has 0 N–H and O–H groups in total. The van der Waals surface area contributed by atoms with Gasteiger partial charge >= 0.3 is 0 Å². The Morgan fingerprint density at radius 1 is 0.812 bits per heavy atom. The van der Waals surface area contributed by atoms with Crippen molar-refractivity contribution in [2.45, 2.75) is 14.7 Å². The molecule has 1 aromatic heterocycles. The molecular weight excluding hydrogens is 473 g/mol. The number of halogens is 5. The average molecular weight is 485 g/mol. The van der Waals surface area contributed by atoms with E-state index >= 15 is 0 Å². The number of para-hydroxylation sites is 1. The lowest BCUT2D eigenvalue weighted by atomic mass is 10.2. The van der Waals surface area contributed by atoms with Crippen LogP contribution in [0.4, 0.5) is 22.0 Å². The first-order valence-electron chi connectivity index (χ1n) is 8.85. The molecule has 4 aromatic rings. The van der Waals surface area contributed by atoms with Gasteiger partial charge in [0.1, 0.15) is 5.75 Å². The van der Waals surface area contributed by atoms with Gasteiger partial charge in [0, 0.05) is 16.5 Å². The molecule has 3 aromatic carbocycles. The Hall–Kier alpha value is -3.05. The van der Waals surface area contributed by atoms with Gasteiger partial charge in [0.05, 0.1) is 22.4 Å². The summed E-state index contributed by atoms with van der Waals surface area (Å²) in [4.78, 5) is -1.24. The maximum absolute atomic E-state index is 14.2. The molecule has 0 saturated heterocycles. The number of methoxy groups -OCH3 is 1. The Kier molecular flexibility index (Phi) is 5.63. The SMILES string of the molecule is COc1ccc(S(=O)(=O)n2cc(Sc3c(F)c(F)c(F)c(F)c3F)c3ccccc32)cc1. The van der Waals surface area contributed by atoms with Crippen molar-refractivity contribution in [3.8, 4) is 5.75 Å². The minimum absolute atomic E-state index is 0.0131. The van der Waals surface area contributed by atoms with Crippen LogP contribution in [-0.4, -0.2) is 19.5 Å².